The molecule has 0 aliphatic heterocycles. The molecule has 0 aromatic heterocycles. The monoisotopic (exact) mass is 502 g/mol. The second kappa shape index (κ2) is 13.4. The summed E-state index contributed by atoms with van der Waals surface area (Å²) in [5, 5.41) is 14.9. The lowest BCUT2D eigenvalue weighted by molar-refractivity contribution is -0.144. The molecule has 37 heavy (non-hydrogen) atoms. The van der Waals surface area contributed by atoms with Gasteiger partial charge in [-0.05, 0) is 29.3 Å². The summed E-state index contributed by atoms with van der Waals surface area (Å²) >= 11 is 0. The molecule has 1 N–H and O–H groups in total. The maximum Gasteiger partial charge on any atom is 0.408 e. The van der Waals surface area contributed by atoms with Gasteiger partial charge in [-0.3, -0.25) is 4.79 Å². The highest BCUT2D eigenvalue weighted by Crippen LogP contribution is 2.25. The van der Waals surface area contributed by atoms with Crippen LogP contribution in [0, 0.1) is 11.5 Å². The highest BCUT2D eigenvalue weighted by atomic mass is 16.5. The van der Waals surface area contributed by atoms with E-state index >= 15 is 0 Å². The largest absolute Gasteiger partial charge is 0.497 e. The summed E-state index contributed by atoms with van der Waals surface area (Å²) in [6, 6.07) is 22.8. The third-order valence-electron chi connectivity index (χ3n) is 5.69. The van der Waals surface area contributed by atoms with Gasteiger partial charge in [-0.15, -0.1) is 0 Å². The smallest absolute Gasteiger partial charge is 0.408 e. The molecule has 192 valence electrons. The predicted octanol–water partition coefficient (Wildman–Crippen LogP) is 3.90. The fourth-order valence-electron chi connectivity index (χ4n) is 3.68. The number of ether oxygens (including phenoxy) is 3. The number of hydrogen-bond acceptors (Lipinski definition) is 7. The topological polar surface area (TPSA) is 104 Å². The molecule has 3 aromatic carbocycles. The van der Waals surface area contributed by atoms with Crippen LogP contribution in [0.2, 0.25) is 0 Å². The number of rotatable bonds is 11. The summed E-state index contributed by atoms with van der Waals surface area (Å²) in [5.74, 6) is 0.654. The average Bonchev–Trinajstić information content (AvgIpc) is 2.94. The molecule has 1 atom stereocenters. The maximum absolute atomic E-state index is 13.5. The number of carbonyl (C=O) groups is 2. The van der Waals surface area contributed by atoms with Crippen LogP contribution < -0.4 is 14.8 Å². The van der Waals surface area contributed by atoms with Crippen molar-refractivity contribution in [1.29, 1.82) is 5.26 Å². The maximum atomic E-state index is 13.5. The Morgan fingerprint density at radius 1 is 0.946 bits per heavy atom. The van der Waals surface area contributed by atoms with E-state index in [0.29, 0.717) is 17.1 Å². The van der Waals surface area contributed by atoms with Crippen molar-refractivity contribution in [3.05, 3.63) is 95.6 Å². The fourth-order valence-corrected chi connectivity index (χ4v) is 3.68. The normalized spacial score (nSPS) is 11.0. The van der Waals surface area contributed by atoms with Crippen LogP contribution in [0.3, 0.4) is 0 Å². The zero-order valence-electron chi connectivity index (χ0n) is 21.1. The molecule has 0 aliphatic carbocycles. The van der Waals surface area contributed by atoms with E-state index < -0.39 is 18.0 Å². The van der Waals surface area contributed by atoms with Gasteiger partial charge >= 0.3 is 6.09 Å². The third-order valence-corrected chi connectivity index (χ3v) is 5.69. The lowest BCUT2D eigenvalue weighted by Gasteiger charge is -2.31. The average molecular weight is 503 g/mol. The molecule has 0 spiro atoms. The molecule has 0 aliphatic rings. The lowest BCUT2D eigenvalue weighted by atomic mass is 10.1. The molecule has 0 saturated heterocycles. The van der Waals surface area contributed by atoms with Crippen molar-refractivity contribution in [1.82, 2.24) is 15.3 Å². The Morgan fingerprint density at radius 3 is 2.19 bits per heavy atom. The van der Waals surface area contributed by atoms with Crippen molar-refractivity contribution in [2.75, 3.05) is 21.3 Å². The fraction of sp³-hybridized carbons (Fsp3) is 0.250. The minimum absolute atomic E-state index is 0.0512. The first-order valence-corrected chi connectivity index (χ1v) is 11.6. The molecule has 0 radical (unpaired) electrons. The van der Waals surface area contributed by atoms with Crippen LogP contribution in [0.15, 0.2) is 78.9 Å². The highest BCUT2D eigenvalue weighted by molar-refractivity contribution is 5.85. The quantitative estimate of drug-likeness (QED) is 0.241. The number of nitriles is 1. The van der Waals surface area contributed by atoms with E-state index in [1.54, 1.807) is 25.3 Å². The van der Waals surface area contributed by atoms with E-state index in [1.165, 1.54) is 24.2 Å². The summed E-state index contributed by atoms with van der Waals surface area (Å²) < 4.78 is 16.0. The number of hydrazine groups is 1. The number of nitrogens with zero attached hydrogens (tertiary/aromatic N) is 3. The molecule has 2 amide bonds. The summed E-state index contributed by atoms with van der Waals surface area (Å²) in [6.45, 7) is 0.115. The molecular formula is C28H30N4O5. The number of benzene rings is 3. The van der Waals surface area contributed by atoms with E-state index in [4.69, 9.17) is 14.2 Å². The Morgan fingerprint density at radius 2 is 1.59 bits per heavy atom. The predicted molar refractivity (Wildman–Crippen MR) is 137 cm³/mol. The molecule has 9 heteroatoms. The second-order valence-electron chi connectivity index (χ2n) is 8.15. The minimum atomic E-state index is -0.973. The van der Waals surface area contributed by atoms with Gasteiger partial charge in [0.05, 0.1) is 20.8 Å². The van der Waals surface area contributed by atoms with Gasteiger partial charge in [0.15, 0.2) is 6.19 Å². The number of carbonyl (C=O) groups excluding carboxylic acids is 2. The molecule has 0 fully saturated rings. The van der Waals surface area contributed by atoms with Gasteiger partial charge in [0.1, 0.15) is 24.1 Å². The standard InChI is InChI=1S/C28H30N4O5/c1-31(32(20-29)18-23-17-24(35-2)14-15-26(23)36-3)27(33)25(16-21-10-6-4-7-11-21)30-28(34)37-19-22-12-8-5-9-13-22/h4-15,17,25H,16,18-19H2,1-3H3,(H,30,34)/t25-/m0/s1. The van der Waals surface area contributed by atoms with E-state index in [2.05, 4.69) is 5.32 Å². The first-order valence-electron chi connectivity index (χ1n) is 11.6. The van der Waals surface area contributed by atoms with Gasteiger partial charge in [0.2, 0.25) is 0 Å². The van der Waals surface area contributed by atoms with Crippen LogP contribution >= 0.6 is 0 Å². The van der Waals surface area contributed by atoms with Crippen molar-refractivity contribution in [2.24, 2.45) is 0 Å². The van der Waals surface area contributed by atoms with Gasteiger partial charge in [0.25, 0.3) is 5.91 Å². The summed E-state index contributed by atoms with van der Waals surface area (Å²) in [4.78, 5) is 26.1. The van der Waals surface area contributed by atoms with Gasteiger partial charge in [0, 0.05) is 19.0 Å². The molecule has 3 aromatic rings. The van der Waals surface area contributed by atoms with Gasteiger partial charge < -0.3 is 19.5 Å². The van der Waals surface area contributed by atoms with Crippen LogP contribution in [-0.4, -0.2) is 49.3 Å². The van der Waals surface area contributed by atoms with Crippen molar-refractivity contribution in [3.63, 3.8) is 0 Å². The molecule has 3 rings (SSSR count). The third kappa shape index (κ3) is 7.64. The van der Waals surface area contributed by atoms with E-state index in [-0.39, 0.29) is 19.6 Å². The Kier molecular flexibility index (Phi) is 9.74. The number of methoxy groups -OCH3 is 2. The van der Waals surface area contributed by atoms with E-state index in [0.717, 1.165) is 11.1 Å². The zero-order valence-corrected chi connectivity index (χ0v) is 21.1. The molecule has 9 nitrogen and oxygen atoms in total. The number of nitrogens with one attached hydrogen (secondary N) is 1. The second-order valence-corrected chi connectivity index (χ2v) is 8.15. The van der Waals surface area contributed by atoms with Crippen molar-refractivity contribution < 1.29 is 23.8 Å². The van der Waals surface area contributed by atoms with Crippen molar-refractivity contribution in [2.45, 2.75) is 25.6 Å². The Labute approximate surface area is 216 Å². The Balaban J connectivity index is 1.76. The zero-order chi connectivity index (χ0) is 26.6. The minimum Gasteiger partial charge on any atom is -0.497 e. The van der Waals surface area contributed by atoms with Crippen LogP contribution in [0.4, 0.5) is 4.79 Å². The van der Waals surface area contributed by atoms with Crippen molar-refractivity contribution >= 4 is 12.0 Å². The lowest BCUT2D eigenvalue weighted by Crippen LogP contribution is -2.52. The summed E-state index contributed by atoms with van der Waals surface area (Å²) in [5.41, 5.74) is 2.32. The number of likely N-dealkylation sites (N-methyl/N-ethyl adjacent to an activating group) is 1. The van der Waals surface area contributed by atoms with Crippen LogP contribution in [-0.2, 0) is 29.1 Å². The molecule has 0 bridgehead atoms. The van der Waals surface area contributed by atoms with Crippen molar-refractivity contribution in [3.8, 4) is 17.7 Å². The SMILES string of the molecule is COc1ccc(OC)c(CN(C#N)N(C)C(=O)[C@H](Cc2ccccc2)NC(=O)OCc2ccccc2)c1. The molecule has 0 heterocycles. The summed E-state index contributed by atoms with van der Waals surface area (Å²) in [6.07, 6.45) is 1.52. The van der Waals surface area contributed by atoms with Gasteiger partial charge in [-0.1, -0.05) is 60.7 Å². The Bertz CT molecular complexity index is 1210. The van der Waals surface area contributed by atoms with E-state index in [9.17, 15) is 14.9 Å². The summed E-state index contributed by atoms with van der Waals surface area (Å²) in [7, 11) is 4.55. The number of alkyl carbamates (subject to hydrolysis) is 1. The number of amides is 2. The first kappa shape index (κ1) is 26.9. The molecule has 0 unspecified atom stereocenters. The highest BCUT2D eigenvalue weighted by Gasteiger charge is 2.28. The van der Waals surface area contributed by atoms with Gasteiger partial charge in [-0.2, -0.15) is 5.26 Å². The first-order chi connectivity index (χ1) is 17.9. The van der Waals surface area contributed by atoms with Crippen LogP contribution in [0.5, 0.6) is 11.5 Å². The van der Waals surface area contributed by atoms with Crippen LogP contribution in [0.1, 0.15) is 16.7 Å². The Hall–Kier alpha value is -4.71. The molecule has 0 saturated carbocycles. The molecular weight excluding hydrogens is 472 g/mol. The van der Waals surface area contributed by atoms with Crippen LogP contribution in [0.25, 0.3) is 0 Å². The van der Waals surface area contributed by atoms with Gasteiger partial charge in [-0.25, -0.2) is 14.8 Å². The number of hydrogen-bond donors (Lipinski definition) is 1. The van der Waals surface area contributed by atoms with E-state index in [1.807, 2.05) is 66.9 Å².